The van der Waals surface area contributed by atoms with E-state index in [1.807, 2.05) is 6.92 Å². The van der Waals surface area contributed by atoms with Crippen LogP contribution in [0.3, 0.4) is 0 Å². The van der Waals surface area contributed by atoms with Gasteiger partial charge in [0, 0.05) is 23.5 Å². The van der Waals surface area contributed by atoms with Gasteiger partial charge in [0.05, 0.1) is 17.2 Å². The highest BCUT2D eigenvalue weighted by atomic mass is 32.1. The van der Waals surface area contributed by atoms with Gasteiger partial charge in [-0.15, -0.1) is 11.3 Å². The Morgan fingerprint density at radius 3 is 2.84 bits per heavy atom. The number of hydrogen-bond donors (Lipinski definition) is 0. The van der Waals surface area contributed by atoms with E-state index < -0.39 is 16.7 Å². The van der Waals surface area contributed by atoms with E-state index in [4.69, 9.17) is 0 Å². The molecule has 0 aliphatic carbocycles. The molecule has 128 valence electrons. The molecule has 0 N–H and O–H groups in total. The van der Waals surface area contributed by atoms with Crippen LogP contribution in [0.4, 0.5) is 5.69 Å². The van der Waals surface area contributed by atoms with E-state index in [1.165, 1.54) is 28.6 Å². The molecule has 0 bridgehead atoms. The Morgan fingerprint density at radius 2 is 2.08 bits per heavy atom. The van der Waals surface area contributed by atoms with Crippen molar-refractivity contribution in [3.63, 3.8) is 0 Å². The van der Waals surface area contributed by atoms with Crippen LogP contribution in [-0.2, 0) is 6.42 Å². The molecule has 0 unspecified atom stereocenters. The Morgan fingerprint density at radius 1 is 1.28 bits per heavy atom. The van der Waals surface area contributed by atoms with Crippen LogP contribution >= 0.6 is 11.3 Å². The second-order valence-electron chi connectivity index (χ2n) is 6.17. The summed E-state index contributed by atoms with van der Waals surface area (Å²) in [6.45, 7) is 2.93. The summed E-state index contributed by atoms with van der Waals surface area (Å²) >= 11 is 1.72. The molecule has 25 heavy (non-hydrogen) atoms. The number of nitro groups is 1. The molecular formula is C17H15N3O4S. The highest BCUT2D eigenvalue weighted by molar-refractivity contribution is 7.10. The third-order valence-electron chi connectivity index (χ3n) is 4.90. The topological polar surface area (TPSA) is 83.8 Å². The average Bonchev–Trinajstić information content (AvgIpc) is 3.16. The summed E-state index contributed by atoms with van der Waals surface area (Å²) in [7, 11) is 0. The molecule has 2 amide bonds. The van der Waals surface area contributed by atoms with E-state index in [0.717, 1.165) is 17.9 Å². The van der Waals surface area contributed by atoms with E-state index in [0.29, 0.717) is 0 Å². The van der Waals surface area contributed by atoms with E-state index >= 15 is 0 Å². The van der Waals surface area contributed by atoms with Gasteiger partial charge in [0.25, 0.3) is 17.5 Å². The van der Waals surface area contributed by atoms with Crippen molar-refractivity contribution in [2.75, 3.05) is 13.2 Å². The maximum atomic E-state index is 12.7. The smallest absolute Gasteiger partial charge is 0.278 e. The summed E-state index contributed by atoms with van der Waals surface area (Å²) in [6, 6.07) is 6.33. The molecule has 1 aromatic carbocycles. The second-order valence-corrected chi connectivity index (χ2v) is 7.17. The van der Waals surface area contributed by atoms with E-state index in [-0.39, 0.29) is 29.5 Å². The summed E-state index contributed by atoms with van der Waals surface area (Å²) in [5.74, 6) is -1.05. The lowest BCUT2D eigenvalue weighted by Gasteiger charge is -2.35. The van der Waals surface area contributed by atoms with Crippen LogP contribution in [0.2, 0.25) is 0 Å². The quantitative estimate of drug-likeness (QED) is 0.479. The van der Waals surface area contributed by atoms with Gasteiger partial charge in [-0.05, 0) is 36.4 Å². The molecule has 0 radical (unpaired) electrons. The summed E-state index contributed by atoms with van der Waals surface area (Å²) in [4.78, 5) is 40.4. The van der Waals surface area contributed by atoms with E-state index in [2.05, 4.69) is 16.3 Å². The van der Waals surface area contributed by atoms with Crippen molar-refractivity contribution in [2.24, 2.45) is 0 Å². The van der Waals surface area contributed by atoms with Crippen LogP contribution in [-0.4, -0.2) is 39.8 Å². The number of thiophene rings is 1. The molecule has 0 saturated carbocycles. The van der Waals surface area contributed by atoms with Crippen molar-refractivity contribution < 1.29 is 14.5 Å². The summed E-state index contributed by atoms with van der Waals surface area (Å²) in [5, 5.41) is 13.2. The Balaban J connectivity index is 1.63. The number of benzene rings is 1. The fourth-order valence-electron chi connectivity index (χ4n) is 3.53. The van der Waals surface area contributed by atoms with Crippen molar-refractivity contribution in [1.82, 2.24) is 9.80 Å². The Labute approximate surface area is 147 Å². The molecule has 1 atom stereocenters. The minimum Gasteiger partial charge on any atom is -0.278 e. The fraction of sp³-hybridized carbons (Fsp3) is 0.294. The van der Waals surface area contributed by atoms with Crippen molar-refractivity contribution in [2.45, 2.75) is 19.4 Å². The van der Waals surface area contributed by atoms with Crippen LogP contribution in [0.5, 0.6) is 0 Å². The van der Waals surface area contributed by atoms with Crippen molar-refractivity contribution in [3.05, 3.63) is 61.3 Å². The number of amides is 2. The van der Waals surface area contributed by atoms with Crippen molar-refractivity contribution in [1.29, 1.82) is 0 Å². The first-order valence-electron chi connectivity index (χ1n) is 7.93. The predicted octanol–water partition coefficient (Wildman–Crippen LogP) is 2.83. The van der Waals surface area contributed by atoms with Crippen LogP contribution in [0, 0.1) is 10.1 Å². The highest BCUT2D eigenvalue weighted by Crippen LogP contribution is 2.35. The largest absolute Gasteiger partial charge is 0.282 e. The number of carbonyl (C=O) groups excluding carboxylic acids is 2. The second kappa shape index (κ2) is 5.75. The average molecular weight is 357 g/mol. The van der Waals surface area contributed by atoms with Gasteiger partial charge in [-0.3, -0.25) is 29.5 Å². The minimum absolute atomic E-state index is 0.0919. The van der Waals surface area contributed by atoms with Gasteiger partial charge in [0.2, 0.25) is 0 Å². The number of carbonyl (C=O) groups is 2. The number of hydrogen-bond acceptors (Lipinski definition) is 6. The first-order valence-corrected chi connectivity index (χ1v) is 8.81. The predicted molar refractivity (Wildman–Crippen MR) is 91.6 cm³/mol. The van der Waals surface area contributed by atoms with Gasteiger partial charge in [-0.1, -0.05) is 6.07 Å². The zero-order valence-electron chi connectivity index (χ0n) is 13.5. The maximum absolute atomic E-state index is 12.7. The maximum Gasteiger partial charge on any atom is 0.282 e. The minimum atomic E-state index is -0.616. The number of nitro benzene ring substituents is 1. The summed E-state index contributed by atoms with van der Waals surface area (Å²) in [6.07, 6.45) is 0.876. The fourth-order valence-corrected chi connectivity index (χ4v) is 4.50. The standard InChI is InChI=1S/C17H15N3O4S/c1-10-11-6-8-25-14(11)5-7-18(10)9-19-16(21)12-3-2-4-13(20(23)24)15(12)17(19)22/h2-4,6,8,10H,5,7,9H2,1H3/t10-/m0/s1. The molecule has 1 aromatic heterocycles. The zero-order valence-corrected chi connectivity index (χ0v) is 14.3. The molecular weight excluding hydrogens is 342 g/mol. The number of imide groups is 1. The van der Waals surface area contributed by atoms with Crippen molar-refractivity contribution in [3.8, 4) is 0 Å². The molecule has 0 spiro atoms. The molecule has 7 nitrogen and oxygen atoms in total. The van der Waals surface area contributed by atoms with Gasteiger partial charge < -0.3 is 0 Å². The SMILES string of the molecule is C[C@H]1c2ccsc2CCN1CN1C(=O)c2cccc([N+](=O)[O-])c2C1=O. The van der Waals surface area contributed by atoms with Crippen LogP contribution in [0.1, 0.15) is 44.1 Å². The van der Waals surface area contributed by atoms with Crippen LogP contribution in [0.25, 0.3) is 0 Å². The molecule has 0 fully saturated rings. The van der Waals surface area contributed by atoms with E-state index in [9.17, 15) is 19.7 Å². The molecule has 4 rings (SSSR count). The van der Waals surface area contributed by atoms with Crippen LogP contribution < -0.4 is 0 Å². The first-order chi connectivity index (χ1) is 12.0. The van der Waals surface area contributed by atoms with Gasteiger partial charge >= 0.3 is 0 Å². The Hall–Kier alpha value is -2.58. The van der Waals surface area contributed by atoms with Crippen LogP contribution in [0.15, 0.2) is 29.6 Å². The molecule has 0 saturated heterocycles. The van der Waals surface area contributed by atoms with Gasteiger partial charge in [-0.2, -0.15) is 0 Å². The summed E-state index contributed by atoms with van der Waals surface area (Å²) in [5.41, 5.74) is 0.919. The highest BCUT2D eigenvalue weighted by Gasteiger charge is 2.42. The molecule has 3 heterocycles. The zero-order chi connectivity index (χ0) is 17.7. The molecule has 2 aliphatic rings. The Kier molecular flexibility index (Phi) is 3.66. The monoisotopic (exact) mass is 357 g/mol. The van der Waals surface area contributed by atoms with Gasteiger partial charge in [0.1, 0.15) is 5.56 Å². The molecule has 2 aromatic rings. The first kappa shape index (κ1) is 15.9. The third kappa shape index (κ3) is 2.37. The summed E-state index contributed by atoms with van der Waals surface area (Å²) < 4.78 is 0. The molecule has 8 heteroatoms. The lowest BCUT2D eigenvalue weighted by atomic mass is 10.0. The van der Waals surface area contributed by atoms with Crippen molar-refractivity contribution >= 4 is 28.8 Å². The third-order valence-corrected chi connectivity index (χ3v) is 5.90. The normalized spacial score (nSPS) is 19.9. The number of nitrogens with zero attached hydrogens (tertiary/aromatic N) is 3. The molecule has 2 aliphatic heterocycles. The number of fused-ring (bicyclic) bond motifs is 2. The number of rotatable bonds is 3. The lowest BCUT2D eigenvalue weighted by Crippen LogP contribution is -2.44. The van der Waals surface area contributed by atoms with E-state index in [1.54, 1.807) is 11.3 Å². The lowest BCUT2D eigenvalue weighted by molar-refractivity contribution is -0.385. The Bertz CT molecular complexity index is 907. The van der Waals surface area contributed by atoms with Gasteiger partial charge in [-0.25, -0.2) is 0 Å². The van der Waals surface area contributed by atoms with Gasteiger partial charge in [0.15, 0.2) is 0 Å².